The van der Waals surface area contributed by atoms with Crippen LogP contribution in [0.4, 0.5) is 10.5 Å². The van der Waals surface area contributed by atoms with Crippen molar-refractivity contribution in [3.05, 3.63) is 24.3 Å². The summed E-state index contributed by atoms with van der Waals surface area (Å²) in [4.78, 5) is 27.7. The van der Waals surface area contributed by atoms with Gasteiger partial charge in [-0.25, -0.2) is 4.79 Å². The standard InChI is InChI=1S/C21H33N3O3S/c1-21(2,3)27-20(26)22-15-16-9-7-8-13-24(16)14-12-19(25)23-17-10-5-6-11-18(17)28-4/h5-6,10-11,16H,7-9,12-15H2,1-4H3,(H,22,26)(H,23,25). The number of hydrogen-bond acceptors (Lipinski definition) is 5. The molecule has 2 N–H and O–H groups in total. The quantitative estimate of drug-likeness (QED) is 0.666. The Kier molecular flexibility index (Phi) is 8.63. The third-order valence-corrected chi connectivity index (χ3v) is 5.43. The second kappa shape index (κ2) is 10.7. The van der Waals surface area contributed by atoms with Gasteiger partial charge in [0.2, 0.25) is 5.91 Å². The first-order valence-electron chi connectivity index (χ1n) is 9.92. The number of anilines is 1. The normalized spacial score (nSPS) is 17.8. The fourth-order valence-corrected chi connectivity index (χ4v) is 3.86. The topological polar surface area (TPSA) is 70.7 Å². The molecule has 1 aliphatic heterocycles. The van der Waals surface area contributed by atoms with Gasteiger partial charge in [0.15, 0.2) is 0 Å². The Labute approximate surface area is 172 Å². The van der Waals surface area contributed by atoms with E-state index >= 15 is 0 Å². The van der Waals surface area contributed by atoms with Gasteiger partial charge in [-0.05, 0) is 58.5 Å². The lowest BCUT2D eigenvalue weighted by atomic mass is 10.0. The van der Waals surface area contributed by atoms with Gasteiger partial charge in [-0.15, -0.1) is 11.8 Å². The molecule has 28 heavy (non-hydrogen) atoms. The van der Waals surface area contributed by atoms with Crippen molar-refractivity contribution in [3.8, 4) is 0 Å². The smallest absolute Gasteiger partial charge is 0.407 e. The van der Waals surface area contributed by atoms with Gasteiger partial charge in [0.1, 0.15) is 5.60 Å². The number of amides is 2. The SMILES string of the molecule is CSc1ccccc1NC(=O)CCN1CCCCC1CNC(=O)OC(C)(C)C. The molecule has 2 rings (SSSR count). The predicted octanol–water partition coefficient (Wildman–Crippen LogP) is 4.12. The Morgan fingerprint density at radius 2 is 2.00 bits per heavy atom. The van der Waals surface area contributed by atoms with Crippen LogP contribution in [0.15, 0.2) is 29.2 Å². The number of alkyl carbamates (subject to hydrolysis) is 1. The molecule has 1 saturated heterocycles. The summed E-state index contributed by atoms with van der Waals surface area (Å²) in [5.74, 6) is 0.0194. The average molecular weight is 408 g/mol. The summed E-state index contributed by atoms with van der Waals surface area (Å²) in [6.45, 7) is 7.75. The van der Waals surface area contributed by atoms with Gasteiger partial charge >= 0.3 is 6.09 Å². The van der Waals surface area contributed by atoms with Gasteiger partial charge in [-0.3, -0.25) is 9.69 Å². The van der Waals surface area contributed by atoms with Crippen molar-refractivity contribution < 1.29 is 14.3 Å². The molecule has 0 radical (unpaired) electrons. The van der Waals surface area contributed by atoms with Crippen molar-refractivity contribution in [2.75, 3.05) is 31.2 Å². The summed E-state index contributed by atoms with van der Waals surface area (Å²) in [6, 6.07) is 8.07. The molecular weight excluding hydrogens is 374 g/mol. The molecule has 1 aliphatic rings. The number of piperidine rings is 1. The second-order valence-corrected chi connectivity index (χ2v) is 8.91. The van der Waals surface area contributed by atoms with Crippen LogP contribution in [-0.4, -0.2) is 54.4 Å². The molecule has 2 amide bonds. The van der Waals surface area contributed by atoms with Crippen LogP contribution in [0.2, 0.25) is 0 Å². The van der Waals surface area contributed by atoms with E-state index in [2.05, 4.69) is 15.5 Å². The highest BCUT2D eigenvalue weighted by Gasteiger charge is 2.24. The lowest BCUT2D eigenvalue weighted by Gasteiger charge is -2.35. The molecule has 156 valence electrons. The summed E-state index contributed by atoms with van der Waals surface area (Å²) in [6.07, 6.45) is 5.34. The second-order valence-electron chi connectivity index (χ2n) is 8.07. The van der Waals surface area contributed by atoms with E-state index in [1.807, 2.05) is 51.3 Å². The lowest BCUT2D eigenvalue weighted by molar-refractivity contribution is -0.116. The van der Waals surface area contributed by atoms with E-state index < -0.39 is 5.60 Å². The Bertz CT molecular complexity index is 661. The van der Waals surface area contributed by atoms with Crippen molar-refractivity contribution >= 4 is 29.4 Å². The van der Waals surface area contributed by atoms with Crippen LogP contribution in [0, 0.1) is 0 Å². The maximum atomic E-state index is 12.4. The van der Waals surface area contributed by atoms with Crippen LogP contribution in [0.3, 0.4) is 0 Å². The molecule has 1 aromatic rings. The zero-order valence-electron chi connectivity index (χ0n) is 17.4. The molecule has 0 aliphatic carbocycles. The Balaban J connectivity index is 1.81. The van der Waals surface area contributed by atoms with Crippen LogP contribution >= 0.6 is 11.8 Å². The van der Waals surface area contributed by atoms with Crippen molar-refractivity contribution in [3.63, 3.8) is 0 Å². The number of ether oxygens (including phenoxy) is 1. The molecule has 0 saturated carbocycles. The van der Waals surface area contributed by atoms with Gasteiger partial charge in [0, 0.05) is 30.4 Å². The number of carbonyl (C=O) groups is 2. The molecule has 1 aromatic carbocycles. The van der Waals surface area contributed by atoms with Crippen LogP contribution in [0.5, 0.6) is 0 Å². The van der Waals surface area contributed by atoms with E-state index in [1.165, 1.54) is 0 Å². The van der Waals surface area contributed by atoms with E-state index in [0.717, 1.165) is 36.4 Å². The summed E-state index contributed by atoms with van der Waals surface area (Å²) in [5.41, 5.74) is 0.364. The first-order chi connectivity index (χ1) is 13.3. The Morgan fingerprint density at radius 3 is 2.71 bits per heavy atom. The minimum atomic E-state index is -0.499. The predicted molar refractivity (Wildman–Crippen MR) is 115 cm³/mol. The summed E-state index contributed by atoms with van der Waals surface area (Å²) >= 11 is 1.62. The number of benzene rings is 1. The fourth-order valence-electron chi connectivity index (χ4n) is 3.31. The lowest BCUT2D eigenvalue weighted by Crippen LogP contribution is -2.48. The van der Waals surface area contributed by atoms with Crippen LogP contribution in [0.1, 0.15) is 46.5 Å². The highest BCUT2D eigenvalue weighted by Crippen LogP contribution is 2.25. The first kappa shape index (κ1) is 22.6. The van der Waals surface area contributed by atoms with Crippen molar-refractivity contribution in [1.29, 1.82) is 0 Å². The monoisotopic (exact) mass is 407 g/mol. The van der Waals surface area contributed by atoms with E-state index in [4.69, 9.17) is 4.74 Å². The number of para-hydroxylation sites is 1. The maximum absolute atomic E-state index is 12.4. The minimum absolute atomic E-state index is 0.0194. The Morgan fingerprint density at radius 1 is 1.25 bits per heavy atom. The third kappa shape index (κ3) is 7.72. The highest BCUT2D eigenvalue weighted by molar-refractivity contribution is 7.98. The molecule has 7 heteroatoms. The van der Waals surface area contributed by atoms with Gasteiger partial charge in [0.25, 0.3) is 0 Å². The number of likely N-dealkylation sites (tertiary alicyclic amines) is 1. The summed E-state index contributed by atoms with van der Waals surface area (Å²) in [5, 5.41) is 5.89. The van der Waals surface area contributed by atoms with Crippen LogP contribution in [-0.2, 0) is 9.53 Å². The van der Waals surface area contributed by atoms with Gasteiger partial charge in [-0.2, -0.15) is 0 Å². The molecular formula is C21H33N3O3S. The van der Waals surface area contributed by atoms with Gasteiger partial charge < -0.3 is 15.4 Å². The van der Waals surface area contributed by atoms with Crippen molar-refractivity contribution in [2.24, 2.45) is 0 Å². The number of hydrogen-bond donors (Lipinski definition) is 2. The number of nitrogens with one attached hydrogen (secondary N) is 2. The largest absolute Gasteiger partial charge is 0.444 e. The van der Waals surface area contributed by atoms with E-state index in [9.17, 15) is 9.59 Å². The molecule has 0 bridgehead atoms. The van der Waals surface area contributed by atoms with Crippen molar-refractivity contribution in [2.45, 2.75) is 63.0 Å². The molecule has 1 atom stereocenters. The van der Waals surface area contributed by atoms with E-state index in [-0.39, 0.29) is 18.0 Å². The van der Waals surface area contributed by atoms with Gasteiger partial charge in [-0.1, -0.05) is 18.6 Å². The minimum Gasteiger partial charge on any atom is -0.444 e. The molecule has 0 aromatic heterocycles. The number of nitrogens with zero attached hydrogens (tertiary/aromatic N) is 1. The summed E-state index contributed by atoms with van der Waals surface area (Å²) < 4.78 is 5.32. The number of rotatable bonds is 7. The van der Waals surface area contributed by atoms with Crippen molar-refractivity contribution in [1.82, 2.24) is 10.2 Å². The molecule has 1 unspecified atom stereocenters. The fraction of sp³-hybridized carbons (Fsp3) is 0.619. The van der Waals surface area contributed by atoms with Gasteiger partial charge in [0.05, 0.1) is 5.69 Å². The number of thioether (sulfide) groups is 1. The number of carbonyl (C=O) groups excluding carboxylic acids is 2. The average Bonchev–Trinajstić information content (AvgIpc) is 2.64. The molecule has 1 heterocycles. The molecule has 0 spiro atoms. The third-order valence-electron chi connectivity index (χ3n) is 4.64. The van der Waals surface area contributed by atoms with Crippen LogP contribution < -0.4 is 10.6 Å². The molecule has 6 nitrogen and oxygen atoms in total. The zero-order valence-corrected chi connectivity index (χ0v) is 18.2. The molecule has 1 fully saturated rings. The maximum Gasteiger partial charge on any atom is 0.407 e. The summed E-state index contributed by atoms with van der Waals surface area (Å²) in [7, 11) is 0. The van der Waals surface area contributed by atoms with E-state index in [1.54, 1.807) is 11.8 Å². The Hall–Kier alpha value is -1.73. The zero-order chi connectivity index (χ0) is 20.6. The van der Waals surface area contributed by atoms with Crippen LogP contribution in [0.25, 0.3) is 0 Å². The highest BCUT2D eigenvalue weighted by atomic mass is 32.2. The van der Waals surface area contributed by atoms with E-state index in [0.29, 0.717) is 19.5 Å². The first-order valence-corrected chi connectivity index (χ1v) is 11.1.